The quantitative estimate of drug-likeness (QED) is 0.270. The topological polar surface area (TPSA) is 98.6 Å². The van der Waals surface area contributed by atoms with Crippen LogP contribution in [0.15, 0.2) is 52.2 Å². The predicted molar refractivity (Wildman–Crippen MR) is 158 cm³/mol. The van der Waals surface area contributed by atoms with Gasteiger partial charge in [0.25, 0.3) is 0 Å². The summed E-state index contributed by atoms with van der Waals surface area (Å²) in [7, 11) is 1.71. The van der Waals surface area contributed by atoms with Crippen molar-refractivity contribution in [2.45, 2.75) is 115 Å². The van der Waals surface area contributed by atoms with E-state index in [0.717, 1.165) is 37.7 Å². The molecule has 0 aromatic rings. The summed E-state index contributed by atoms with van der Waals surface area (Å²) in [5, 5.41) is 16.7. The molecule has 4 heterocycles. The highest BCUT2D eigenvalue weighted by atomic mass is 16.7. The molecular weight excluding hydrogens is 520 g/mol. The van der Waals surface area contributed by atoms with E-state index in [0.29, 0.717) is 36.0 Å². The van der Waals surface area contributed by atoms with Gasteiger partial charge in [-0.25, -0.2) is 0 Å². The maximum atomic E-state index is 14.0. The van der Waals surface area contributed by atoms with Crippen molar-refractivity contribution in [3.05, 3.63) is 47.1 Å². The zero-order valence-electron chi connectivity index (χ0n) is 25.5. The normalized spacial score (nSPS) is 46.0. The molecule has 1 aliphatic carbocycles. The summed E-state index contributed by atoms with van der Waals surface area (Å²) in [6, 6.07) is 0. The molecule has 0 aromatic heterocycles. The van der Waals surface area contributed by atoms with E-state index in [4.69, 9.17) is 18.9 Å². The molecule has 0 unspecified atom stereocenters. The van der Waals surface area contributed by atoms with Gasteiger partial charge < -0.3 is 29.5 Å². The van der Waals surface area contributed by atoms with Crippen molar-refractivity contribution in [3.63, 3.8) is 0 Å². The third-order valence-electron chi connectivity index (χ3n) is 9.57. The maximum absolute atomic E-state index is 14.0. The minimum Gasteiger partial charge on any atom is -0.462 e. The van der Waals surface area contributed by atoms with E-state index >= 15 is 0 Å². The Labute approximate surface area is 244 Å². The van der Waals surface area contributed by atoms with E-state index in [2.05, 4.69) is 50.4 Å². The smallest absolute Gasteiger partial charge is 0.316 e. The van der Waals surface area contributed by atoms with Crippen molar-refractivity contribution < 1.29 is 28.8 Å². The van der Waals surface area contributed by atoms with Crippen LogP contribution >= 0.6 is 0 Å². The molecule has 5 aliphatic rings. The second-order valence-corrected chi connectivity index (χ2v) is 12.8. The minimum absolute atomic E-state index is 0.111. The molecule has 0 amide bonds. The first-order valence-corrected chi connectivity index (χ1v) is 15.4. The lowest BCUT2D eigenvalue weighted by Gasteiger charge is -2.49. The Morgan fingerprint density at radius 3 is 2.76 bits per heavy atom. The molecule has 0 saturated carbocycles. The van der Waals surface area contributed by atoms with Crippen molar-refractivity contribution >= 4 is 11.7 Å². The van der Waals surface area contributed by atoms with Gasteiger partial charge in [-0.1, -0.05) is 56.7 Å². The van der Waals surface area contributed by atoms with Gasteiger partial charge in [-0.05, 0) is 62.5 Å². The second kappa shape index (κ2) is 12.2. The van der Waals surface area contributed by atoms with Crippen LogP contribution in [0.3, 0.4) is 0 Å². The summed E-state index contributed by atoms with van der Waals surface area (Å²) in [5.41, 5.74) is 4.56. The minimum atomic E-state index is -1.60. The Kier molecular flexibility index (Phi) is 8.95. The summed E-state index contributed by atoms with van der Waals surface area (Å²) in [5.74, 6) is -1.38. The van der Waals surface area contributed by atoms with Crippen molar-refractivity contribution in [1.82, 2.24) is 5.43 Å². The van der Waals surface area contributed by atoms with Gasteiger partial charge in [0.15, 0.2) is 5.79 Å². The highest BCUT2D eigenvalue weighted by Crippen LogP contribution is 2.46. The Morgan fingerprint density at radius 1 is 1.20 bits per heavy atom. The van der Waals surface area contributed by atoms with Crippen LogP contribution in [0, 0.1) is 17.8 Å². The molecule has 41 heavy (non-hydrogen) atoms. The molecule has 1 spiro atoms. The molecular formula is C33H48N2O6. The highest BCUT2D eigenvalue weighted by molar-refractivity contribution is 6.07. The number of hydrogen-bond acceptors (Lipinski definition) is 8. The maximum Gasteiger partial charge on any atom is 0.316 e. The lowest BCUT2D eigenvalue weighted by molar-refractivity contribution is -0.335. The summed E-state index contributed by atoms with van der Waals surface area (Å²) in [4.78, 5) is 14.0. The third kappa shape index (κ3) is 5.99. The number of nitrogens with zero attached hydrogens (tertiary/aromatic N) is 1. The first kappa shape index (κ1) is 30.2. The molecule has 3 fully saturated rings. The number of aliphatic hydroxyl groups is 1. The molecule has 2 N–H and O–H groups in total. The van der Waals surface area contributed by atoms with Gasteiger partial charge in [-0.3, -0.25) is 4.79 Å². The average Bonchev–Trinajstić information content (AvgIpc) is 3.26. The zero-order valence-corrected chi connectivity index (χ0v) is 25.5. The average molecular weight is 569 g/mol. The van der Waals surface area contributed by atoms with Crippen molar-refractivity contribution in [2.75, 3.05) is 13.7 Å². The fraction of sp³-hybridized carbons (Fsp3) is 0.697. The number of hydrogen-bond donors (Lipinski definition) is 2. The van der Waals surface area contributed by atoms with Gasteiger partial charge in [-0.15, -0.1) is 0 Å². The van der Waals surface area contributed by atoms with E-state index in [1.165, 1.54) is 5.57 Å². The number of rotatable bonds is 2. The van der Waals surface area contributed by atoms with Gasteiger partial charge in [-0.2, -0.15) is 5.10 Å². The van der Waals surface area contributed by atoms with Gasteiger partial charge in [0.2, 0.25) is 0 Å². The molecule has 226 valence electrons. The number of carbonyl (C=O) groups excluding carboxylic acids is 1. The number of fused-ring (bicyclic) bond motifs is 2. The van der Waals surface area contributed by atoms with Crippen molar-refractivity contribution in [1.29, 1.82) is 0 Å². The highest BCUT2D eigenvalue weighted by Gasteiger charge is 2.59. The van der Waals surface area contributed by atoms with Crippen molar-refractivity contribution in [3.8, 4) is 0 Å². The van der Waals surface area contributed by atoms with Crippen molar-refractivity contribution in [2.24, 2.45) is 22.9 Å². The number of allylic oxidation sites excluding steroid dienone is 4. The van der Waals surface area contributed by atoms with E-state index < -0.39 is 29.4 Å². The molecule has 2 bridgehead atoms. The fourth-order valence-electron chi connectivity index (χ4n) is 7.36. The fourth-order valence-corrected chi connectivity index (χ4v) is 7.36. The molecule has 0 aromatic carbocycles. The molecule has 3 saturated heterocycles. The second-order valence-electron chi connectivity index (χ2n) is 12.8. The molecule has 8 nitrogen and oxygen atoms in total. The standard InChI is InChI=1S/C33H48N2O6/c1-7-28-22(4)13-14-32(41-28)18-26-17-25(40-32)12-11-21(3)15-20(2)9-8-10-24-19-38-30-29(35-34-6)23(5)16-27(31(36)39-26)33(24,30)37/h8-11,16,20,22,25-28,30,34,37H,7,12-15,17-19H2,1-6H3/b9-8+,21-11+,24-10+,35-29-/t20-,22-,25+,26-,27-,28+,30+,32+,33+/m0/s1. The van der Waals surface area contributed by atoms with Gasteiger partial charge in [0.1, 0.15) is 23.7 Å². The SMILES string of the molecule is CC[C@H]1O[C@]2(CC[C@@H]1C)C[C@@H]1C[C@@H](C/C=C(\C)C[C@@H](C)/C=C/C=C3\CO[C@@H]4/C(=N\NC)C(C)=C[C@@H](C(=O)O1)[C@]34O)O2. The molecule has 4 aliphatic heterocycles. The largest absolute Gasteiger partial charge is 0.462 e. The first-order valence-electron chi connectivity index (χ1n) is 15.4. The van der Waals surface area contributed by atoms with Gasteiger partial charge in [0, 0.05) is 26.3 Å². The molecule has 8 heteroatoms. The van der Waals surface area contributed by atoms with E-state index in [9.17, 15) is 9.90 Å². The van der Waals surface area contributed by atoms with Gasteiger partial charge >= 0.3 is 5.97 Å². The molecule has 0 radical (unpaired) electrons. The Balaban J connectivity index is 1.53. The van der Waals surface area contributed by atoms with E-state index in [1.807, 2.05) is 19.1 Å². The lowest BCUT2D eigenvalue weighted by atomic mass is 9.71. The van der Waals surface area contributed by atoms with Crippen LogP contribution in [0.1, 0.15) is 79.6 Å². The van der Waals surface area contributed by atoms with Crippen LogP contribution in [0.4, 0.5) is 0 Å². The summed E-state index contributed by atoms with van der Waals surface area (Å²) >= 11 is 0. The third-order valence-corrected chi connectivity index (χ3v) is 9.57. The Bertz CT molecular complexity index is 1160. The number of carbonyl (C=O) groups is 1. The number of nitrogens with one attached hydrogen (secondary N) is 1. The predicted octanol–water partition coefficient (Wildman–Crippen LogP) is 5.14. The van der Waals surface area contributed by atoms with Crippen LogP contribution in [-0.2, 0) is 23.7 Å². The van der Waals surface area contributed by atoms with Crippen LogP contribution < -0.4 is 5.43 Å². The summed E-state index contributed by atoms with van der Waals surface area (Å²) < 4.78 is 25.8. The Morgan fingerprint density at radius 2 is 2.00 bits per heavy atom. The number of hydrazone groups is 1. The monoisotopic (exact) mass is 568 g/mol. The summed E-state index contributed by atoms with van der Waals surface area (Å²) in [6.07, 6.45) is 14.3. The molecule has 5 rings (SSSR count). The van der Waals surface area contributed by atoms with Crippen LogP contribution in [0.25, 0.3) is 0 Å². The molecule has 9 atom stereocenters. The lowest BCUT2D eigenvalue weighted by Crippen LogP contribution is -2.57. The van der Waals surface area contributed by atoms with Crippen LogP contribution in [0.2, 0.25) is 0 Å². The first-order chi connectivity index (χ1) is 19.6. The van der Waals surface area contributed by atoms with Gasteiger partial charge in [0.05, 0.1) is 24.5 Å². The summed E-state index contributed by atoms with van der Waals surface area (Å²) in [6.45, 7) is 10.8. The van der Waals surface area contributed by atoms with Crippen LogP contribution in [0.5, 0.6) is 0 Å². The van der Waals surface area contributed by atoms with E-state index in [-0.39, 0.29) is 24.9 Å². The Hall–Kier alpha value is -2.26. The zero-order chi connectivity index (χ0) is 29.4. The van der Waals surface area contributed by atoms with Crippen LogP contribution in [-0.4, -0.2) is 66.2 Å². The number of esters is 1. The van der Waals surface area contributed by atoms with E-state index in [1.54, 1.807) is 13.1 Å². The number of ether oxygens (including phenoxy) is 4.